The number of thiophene rings is 2. The van der Waals surface area contributed by atoms with Gasteiger partial charge in [0.25, 0.3) is 0 Å². The number of hydrogen-bond donors (Lipinski definition) is 0. The Morgan fingerprint density at radius 3 is 1.52 bits per heavy atom. The summed E-state index contributed by atoms with van der Waals surface area (Å²) in [5, 5.41) is 15.2. The summed E-state index contributed by atoms with van der Waals surface area (Å²) in [6.45, 7) is 0. The number of nitriles is 1. The van der Waals surface area contributed by atoms with E-state index >= 15 is 0 Å². The van der Waals surface area contributed by atoms with Crippen LogP contribution in [0.2, 0.25) is 0 Å². The van der Waals surface area contributed by atoms with Crippen LogP contribution in [0.1, 0.15) is 5.56 Å². The standard InChI is InChI=1S/C43H25NS2/c44-26-28-11-1-2-12-29(28)31-13-3-4-14-32(31)37-25-27(30-17-9-21-40-42(30)35-15-5-7-19-38(35)45-40)23-24-33(37)34-18-10-22-41-43(34)36-16-6-8-20-39(36)46-41/h1-25H. The largest absolute Gasteiger partial charge is 0.192 e. The van der Waals surface area contributed by atoms with Gasteiger partial charge in [-0.05, 0) is 75.3 Å². The van der Waals surface area contributed by atoms with E-state index in [9.17, 15) is 5.26 Å². The lowest BCUT2D eigenvalue weighted by molar-refractivity contribution is 1.47. The fourth-order valence-corrected chi connectivity index (χ4v) is 9.22. The van der Waals surface area contributed by atoms with E-state index in [1.807, 2.05) is 40.9 Å². The van der Waals surface area contributed by atoms with Crippen LogP contribution in [-0.2, 0) is 0 Å². The van der Waals surface area contributed by atoms with E-state index in [1.54, 1.807) is 0 Å². The van der Waals surface area contributed by atoms with Crippen molar-refractivity contribution in [3.05, 3.63) is 157 Å². The van der Waals surface area contributed by atoms with Crippen molar-refractivity contribution >= 4 is 63.0 Å². The zero-order valence-corrected chi connectivity index (χ0v) is 26.3. The van der Waals surface area contributed by atoms with Crippen LogP contribution in [0, 0.1) is 11.3 Å². The molecule has 0 spiro atoms. The number of hydrogen-bond acceptors (Lipinski definition) is 3. The first kappa shape index (κ1) is 26.8. The van der Waals surface area contributed by atoms with Crippen molar-refractivity contribution in [1.29, 1.82) is 5.26 Å². The van der Waals surface area contributed by atoms with E-state index in [-0.39, 0.29) is 0 Å². The molecule has 0 radical (unpaired) electrons. The summed E-state index contributed by atoms with van der Waals surface area (Å²) in [6.07, 6.45) is 0. The van der Waals surface area contributed by atoms with E-state index in [0.29, 0.717) is 5.56 Å². The molecule has 0 amide bonds. The van der Waals surface area contributed by atoms with Gasteiger partial charge in [0.2, 0.25) is 0 Å². The Labute approximate surface area is 274 Å². The van der Waals surface area contributed by atoms with Gasteiger partial charge in [0.05, 0.1) is 11.6 Å². The van der Waals surface area contributed by atoms with E-state index < -0.39 is 0 Å². The molecule has 0 atom stereocenters. The fourth-order valence-electron chi connectivity index (χ4n) is 6.95. The smallest absolute Gasteiger partial charge is 0.0998 e. The lowest BCUT2D eigenvalue weighted by Gasteiger charge is -2.18. The van der Waals surface area contributed by atoms with Crippen LogP contribution >= 0.6 is 22.7 Å². The highest BCUT2D eigenvalue weighted by Crippen LogP contribution is 2.47. The number of rotatable bonds is 4. The second-order valence-corrected chi connectivity index (χ2v) is 13.7. The van der Waals surface area contributed by atoms with Gasteiger partial charge in [-0.3, -0.25) is 0 Å². The molecule has 9 aromatic rings. The summed E-state index contributed by atoms with van der Waals surface area (Å²) in [4.78, 5) is 0. The van der Waals surface area contributed by atoms with Crippen molar-refractivity contribution in [2.75, 3.05) is 0 Å². The molecule has 214 valence electrons. The van der Waals surface area contributed by atoms with Crippen LogP contribution in [0.3, 0.4) is 0 Å². The van der Waals surface area contributed by atoms with E-state index in [0.717, 1.165) is 22.3 Å². The van der Waals surface area contributed by atoms with Crippen molar-refractivity contribution < 1.29 is 0 Å². The Kier molecular flexibility index (Phi) is 6.31. The molecule has 0 N–H and O–H groups in total. The van der Waals surface area contributed by atoms with Crippen molar-refractivity contribution in [3.8, 4) is 50.6 Å². The van der Waals surface area contributed by atoms with Gasteiger partial charge in [-0.25, -0.2) is 0 Å². The van der Waals surface area contributed by atoms with Gasteiger partial charge in [0.1, 0.15) is 0 Å². The van der Waals surface area contributed by atoms with Crippen LogP contribution in [0.25, 0.3) is 84.9 Å². The monoisotopic (exact) mass is 619 g/mol. The minimum atomic E-state index is 0.674. The van der Waals surface area contributed by atoms with E-state index in [4.69, 9.17) is 0 Å². The Morgan fingerprint density at radius 2 is 0.848 bits per heavy atom. The van der Waals surface area contributed by atoms with Crippen LogP contribution in [0.5, 0.6) is 0 Å². The molecule has 0 aliphatic carbocycles. The van der Waals surface area contributed by atoms with Gasteiger partial charge in [-0.15, -0.1) is 22.7 Å². The maximum absolute atomic E-state index is 10.1. The van der Waals surface area contributed by atoms with E-state index in [2.05, 4.69) is 140 Å². The average Bonchev–Trinajstić information content (AvgIpc) is 3.70. The molecular weight excluding hydrogens is 595 g/mol. The second-order valence-electron chi connectivity index (χ2n) is 11.5. The molecule has 7 aromatic carbocycles. The maximum Gasteiger partial charge on any atom is 0.0998 e. The van der Waals surface area contributed by atoms with E-state index in [1.165, 1.54) is 62.6 Å². The molecule has 3 heteroatoms. The van der Waals surface area contributed by atoms with Crippen LogP contribution in [0.4, 0.5) is 0 Å². The lowest BCUT2D eigenvalue weighted by Crippen LogP contribution is -1.93. The first-order valence-corrected chi connectivity index (χ1v) is 17.0. The summed E-state index contributed by atoms with van der Waals surface area (Å²) in [5.41, 5.74) is 9.76. The molecular formula is C43H25NS2. The zero-order chi connectivity index (χ0) is 30.6. The third kappa shape index (κ3) is 4.19. The summed E-state index contributed by atoms with van der Waals surface area (Å²) in [5.74, 6) is 0. The molecule has 0 saturated heterocycles. The normalized spacial score (nSPS) is 11.5. The van der Waals surface area contributed by atoms with Gasteiger partial charge in [0.15, 0.2) is 0 Å². The molecule has 0 unspecified atom stereocenters. The van der Waals surface area contributed by atoms with Gasteiger partial charge < -0.3 is 0 Å². The SMILES string of the molecule is N#Cc1ccccc1-c1ccccc1-c1cc(-c2cccc3sc4ccccc4c23)ccc1-c1cccc2sc3ccccc3c12. The van der Waals surface area contributed by atoms with Gasteiger partial charge >= 0.3 is 0 Å². The first-order valence-electron chi connectivity index (χ1n) is 15.3. The average molecular weight is 620 g/mol. The zero-order valence-electron chi connectivity index (χ0n) is 24.7. The minimum Gasteiger partial charge on any atom is -0.192 e. The third-order valence-electron chi connectivity index (χ3n) is 8.98. The Bertz CT molecular complexity index is 2670. The highest BCUT2D eigenvalue weighted by Gasteiger charge is 2.20. The van der Waals surface area contributed by atoms with Gasteiger partial charge in [0, 0.05) is 45.9 Å². The topological polar surface area (TPSA) is 23.8 Å². The Morgan fingerprint density at radius 1 is 0.370 bits per heavy atom. The quantitative estimate of drug-likeness (QED) is 0.192. The maximum atomic E-state index is 10.1. The molecule has 0 aliphatic heterocycles. The molecule has 46 heavy (non-hydrogen) atoms. The Hall–Kier alpha value is -5.53. The number of nitrogens with zero attached hydrogens (tertiary/aromatic N) is 1. The third-order valence-corrected chi connectivity index (χ3v) is 11.3. The number of fused-ring (bicyclic) bond motifs is 6. The van der Waals surface area contributed by atoms with Crippen molar-refractivity contribution in [1.82, 2.24) is 0 Å². The minimum absolute atomic E-state index is 0.674. The van der Waals surface area contributed by atoms with Crippen molar-refractivity contribution in [2.45, 2.75) is 0 Å². The van der Waals surface area contributed by atoms with Crippen molar-refractivity contribution in [2.24, 2.45) is 0 Å². The highest BCUT2D eigenvalue weighted by molar-refractivity contribution is 7.26. The molecule has 0 fully saturated rings. The van der Waals surface area contributed by atoms with Crippen LogP contribution in [0.15, 0.2) is 152 Å². The highest BCUT2D eigenvalue weighted by atomic mass is 32.1. The first-order chi connectivity index (χ1) is 22.8. The molecule has 0 aliphatic rings. The van der Waals surface area contributed by atoms with Gasteiger partial charge in [-0.2, -0.15) is 5.26 Å². The fraction of sp³-hybridized carbons (Fsp3) is 0. The Balaban J connectivity index is 1.38. The lowest BCUT2D eigenvalue weighted by atomic mass is 9.85. The van der Waals surface area contributed by atoms with Crippen LogP contribution < -0.4 is 0 Å². The summed E-state index contributed by atoms with van der Waals surface area (Å²) >= 11 is 3.69. The van der Waals surface area contributed by atoms with Crippen LogP contribution in [-0.4, -0.2) is 0 Å². The van der Waals surface area contributed by atoms with Crippen molar-refractivity contribution in [3.63, 3.8) is 0 Å². The van der Waals surface area contributed by atoms with Gasteiger partial charge in [-0.1, -0.05) is 115 Å². The predicted octanol–water partition coefficient (Wildman–Crippen LogP) is 13.0. The molecule has 0 saturated carbocycles. The summed E-state index contributed by atoms with van der Waals surface area (Å²) in [7, 11) is 0. The molecule has 9 rings (SSSR count). The second kappa shape index (κ2) is 10.8. The number of benzene rings is 7. The molecule has 0 bridgehead atoms. The predicted molar refractivity (Wildman–Crippen MR) is 199 cm³/mol. The summed E-state index contributed by atoms with van der Waals surface area (Å²) < 4.78 is 5.17. The molecule has 2 aromatic heterocycles. The molecule has 1 nitrogen and oxygen atoms in total. The molecule has 2 heterocycles. The summed E-state index contributed by atoms with van der Waals surface area (Å²) in [6, 6.07) is 56.6.